The third-order valence-corrected chi connectivity index (χ3v) is 5.36. The summed E-state index contributed by atoms with van der Waals surface area (Å²) in [6, 6.07) is 6.24. The Morgan fingerprint density at radius 3 is 2.71 bits per heavy atom. The highest BCUT2D eigenvalue weighted by Crippen LogP contribution is 2.29. The second-order valence-electron chi connectivity index (χ2n) is 8.26. The Balaban J connectivity index is 1.60. The van der Waals surface area contributed by atoms with Gasteiger partial charge in [-0.2, -0.15) is 0 Å². The number of thiazole rings is 1. The number of aromatic nitrogens is 1. The van der Waals surface area contributed by atoms with E-state index in [0.29, 0.717) is 24.6 Å². The molecule has 1 atom stereocenters. The van der Waals surface area contributed by atoms with E-state index in [-0.39, 0.29) is 17.9 Å². The summed E-state index contributed by atoms with van der Waals surface area (Å²) in [7, 11) is 0. The molecule has 0 aliphatic carbocycles. The van der Waals surface area contributed by atoms with Gasteiger partial charge >= 0.3 is 6.09 Å². The zero-order valence-corrected chi connectivity index (χ0v) is 17.9. The molecule has 0 radical (unpaired) electrons. The predicted molar refractivity (Wildman–Crippen MR) is 112 cm³/mol. The number of aryl methyl sites for hydroxylation is 2. The smallest absolute Gasteiger partial charge is 0.410 e. The lowest BCUT2D eigenvalue weighted by Gasteiger charge is -2.24. The quantitative estimate of drug-likeness (QED) is 0.814. The van der Waals surface area contributed by atoms with E-state index < -0.39 is 5.60 Å². The van der Waals surface area contributed by atoms with Crippen LogP contribution in [0.25, 0.3) is 11.3 Å². The third kappa shape index (κ3) is 4.90. The normalized spacial score (nSPS) is 16.9. The second kappa shape index (κ2) is 7.91. The van der Waals surface area contributed by atoms with Crippen molar-refractivity contribution in [3.8, 4) is 11.3 Å². The number of nitrogens with zero attached hydrogens (tertiary/aromatic N) is 2. The lowest BCUT2D eigenvalue weighted by atomic mass is 10.0. The minimum atomic E-state index is -0.539. The Hall–Kier alpha value is -2.41. The highest BCUT2D eigenvalue weighted by molar-refractivity contribution is 7.14. The number of amides is 2. The van der Waals surface area contributed by atoms with Gasteiger partial charge in [0.1, 0.15) is 5.60 Å². The van der Waals surface area contributed by atoms with Crippen molar-refractivity contribution < 1.29 is 14.3 Å². The SMILES string of the molecule is Cc1ccc(-c2csc(NC(=O)C3CCN(C(=O)OC(C)(C)C)C3)n2)c(C)c1. The summed E-state index contributed by atoms with van der Waals surface area (Å²) in [4.78, 5) is 30.9. The average Bonchev–Trinajstić information content (AvgIpc) is 3.22. The Bertz CT molecular complexity index is 885. The molecule has 0 bridgehead atoms. The molecule has 2 amide bonds. The first-order valence-corrected chi connectivity index (χ1v) is 10.3. The second-order valence-corrected chi connectivity index (χ2v) is 9.12. The Labute approximate surface area is 169 Å². The van der Waals surface area contributed by atoms with Gasteiger partial charge in [0.15, 0.2) is 5.13 Å². The summed E-state index contributed by atoms with van der Waals surface area (Å²) in [5, 5.41) is 5.43. The van der Waals surface area contributed by atoms with E-state index in [2.05, 4.69) is 42.3 Å². The fourth-order valence-electron chi connectivity index (χ4n) is 3.23. The molecule has 0 saturated carbocycles. The van der Waals surface area contributed by atoms with E-state index in [1.165, 1.54) is 16.9 Å². The first-order valence-electron chi connectivity index (χ1n) is 9.44. The van der Waals surface area contributed by atoms with Crippen molar-refractivity contribution in [2.75, 3.05) is 18.4 Å². The van der Waals surface area contributed by atoms with Gasteiger partial charge in [-0.15, -0.1) is 11.3 Å². The van der Waals surface area contributed by atoms with E-state index in [0.717, 1.165) is 16.8 Å². The van der Waals surface area contributed by atoms with Gasteiger partial charge in [-0.3, -0.25) is 4.79 Å². The maximum Gasteiger partial charge on any atom is 0.410 e. The van der Waals surface area contributed by atoms with Crippen LogP contribution in [0.2, 0.25) is 0 Å². The van der Waals surface area contributed by atoms with Gasteiger partial charge in [-0.25, -0.2) is 9.78 Å². The Morgan fingerprint density at radius 2 is 2.04 bits per heavy atom. The highest BCUT2D eigenvalue weighted by Gasteiger charge is 2.33. The van der Waals surface area contributed by atoms with Crippen LogP contribution in [0.1, 0.15) is 38.3 Å². The molecule has 1 aromatic heterocycles. The van der Waals surface area contributed by atoms with E-state index in [4.69, 9.17) is 4.74 Å². The van der Waals surface area contributed by atoms with Crippen molar-refractivity contribution in [2.45, 2.75) is 46.6 Å². The molecule has 28 heavy (non-hydrogen) atoms. The minimum Gasteiger partial charge on any atom is -0.444 e. The van der Waals surface area contributed by atoms with Crippen LogP contribution in [0, 0.1) is 19.8 Å². The molecule has 1 unspecified atom stereocenters. The molecule has 1 aliphatic heterocycles. The summed E-state index contributed by atoms with van der Waals surface area (Å²) in [5.41, 5.74) is 3.76. The van der Waals surface area contributed by atoms with E-state index >= 15 is 0 Å². The van der Waals surface area contributed by atoms with Crippen molar-refractivity contribution >= 4 is 28.5 Å². The largest absolute Gasteiger partial charge is 0.444 e. The molecule has 6 nitrogen and oxygen atoms in total. The van der Waals surface area contributed by atoms with Crippen LogP contribution in [0.3, 0.4) is 0 Å². The minimum absolute atomic E-state index is 0.104. The monoisotopic (exact) mass is 401 g/mol. The third-order valence-electron chi connectivity index (χ3n) is 4.60. The van der Waals surface area contributed by atoms with Gasteiger partial charge in [-0.05, 0) is 46.6 Å². The van der Waals surface area contributed by atoms with Crippen LogP contribution in [0.5, 0.6) is 0 Å². The maximum absolute atomic E-state index is 12.6. The lowest BCUT2D eigenvalue weighted by Crippen LogP contribution is -2.36. The molecule has 2 aromatic rings. The van der Waals surface area contributed by atoms with Crippen LogP contribution in [-0.2, 0) is 9.53 Å². The number of carbonyl (C=O) groups is 2. The average molecular weight is 402 g/mol. The number of carbonyl (C=O) groups excluding carboxylic acids is 2. The van der Waals surface area contributed by atoms with E-state index in [1.54, 1.807) is 4.90 Å². The van der Waals surface area contributed by atoms with Gasteiger partial charge in [-0.1, -0.05) is 23.8 Å². The first kappa shape index (κ1) is 20.3. The van der Waals surface area contributed by atoms with Crippen LogP contribution < -0.4 is 5.32 Å². The molecule has 150 valence electrons. The molecule has 1 saturated heterocycles. The number of ether oxygens (including phenoxy) is 1. The van der Waals surface area contributed by atoms with Crippen LogP contribution >= 0.6 is 11.3 Å². The van der Waals surface area contributed by atoms with Gasteiger partial charge in [0, 0.05) is 24.0 Å². The highest BCUT2D eigenvalue weighted by atomic mass is 32.1. The summed E-state index contributed by atoms with van der Waals surface area (Å²) in [5.74, 6) is -0.353. The molecule has 1 aliphatic rings. The summed E-state index contributed by atoms with van der Waals surface area (Å²) in [6.45, 7) is 10.5. The maximum atomic E-state index is 12.6. The van der Waals surface area contributed by atoms with Crippen LogP contribution in [-0.4, -0.2) is 40.6 Å². The summed E-state index contributed by atoms with van der Waals surface area (Å²) >= 11 is 1.41. The molecule has 3 rings (SSSR count). The molecule has 0 spiro atoms. The van der Waals surface area contributed by atoms with Gasteiger partial charge in [0.2, 0.25) is 5.91 Å². The number of likely N-dealkylation sites (tertiary alicyclic amines) is 1. The fourth-order valence-corrected chi connectivity index (χ4v) is 3.94. The van der Waals surface area contributed by atoms with Crippen molar-refractivity contribution in [3.05, 3.63) is 34.7 Å². The van der Waals surface area contributed by atoms with Gasteiger partial charge < -0.3 is 15.0 Å². The molecule has 7 heteroatoms. The van der Waals surface area contributed by atoms with Crippen molar-refractivity contribution in [3.63, 3.8) is 0 Å². The van der Waals surface area contributed by atoms with Crippen molar-refractivity contribution in [2.24, 2.45) is 5.92 Å². The zero-order chi connectivity index (χ0) is 20.5. The Morgan fingerprint density at radius 1 is 1.29 bits per heavy atom. The standard InChI is InChI=1S/C21H27N3O3S/c1-13-6-7-16(14(2)10-13)17-12-28-19(22-17)23-18(25)15-8-9-24(11-15)20(26)27-21(3,4)5/h6-7,10,12,15H,8-9,11H2,1-5H3,(H,22,23,25). The molecular formula is C21H27N3O3S. The molecule has 2 heterocycles. The zero-order valence-electron chi connectivity index (χ0n) is 17.0. The number of benzene rings is 1. The molecule has 1 aromatic carbocycles. The van der Waals surface area contributed by atoms with Crippen molar-refractivity contribution in [1.29, 1.82) is 0 Å². The number of anilines is 1. The van der Waals surface area contributed by atoms with E-state index in [9.17, 15) is 9.59 Å². The first-order chi connectivity index (χ1) is 13.1. The topological polar surface area (TPSA) is 71.5 Å². The predicted octanol–water partition coefficient (Wildman–Crippen LogP) is 4.62. The summed E-state index contributed by atoms with van der Waals surface area (Å²) < 4.78 is 5.38. The van der Waals surface area contributed by atoms with Crippen LogP contribution in [0.15, 0.2) is 23.6 Å². The molecular weight excluding hydrogens is 374 g/mol. The lowest BCUT2D eigenvalue weighted by molar-refractivity contribution is -0.119. The number of rotatable bonds is 3. The molecule has 1 N–H and O–H groups in total. The fraction of sp³-hybridized carbons (Fsp3) is 0.476. The van der Waals surface area contributed by atoms with Crippen molar-refractivity contribution in [1.82, 2.24) is 9.88 Å². The number of hydrogen-bond donors (Lipinski definition) is 1. The molecule has 1 fully saturated rings. The number of hydrogen-bond acceptors (Lipinski definition) is 5. The summed E-state index contributed by atoms with van der Waals surface area (Å²) in [6.07, 6.45) is 0.259. The van der Waals surface area contributed by atoms with Crippen LogP contribution in [0.4, 0.5) is 9.93 Å². The van der Waals surface area contributed by atoms with Gasteiger partial charge in [0.05, 0.1) is 11.6 Å². The Kier molecular flexibility index (Phi) is 5.74. The number of nitrogens with one attached hydrogen (secondary N) is 1. The van der Waals surface area contributed by atoms with Gasteiger partial charge in [0.25, 0.3) is 0 Å². The van der Waals surface area contributed by atoms with E-state index in [1.807, 2.05) is 26.2 Å².